The zero-order chi connectivity index (χ0) is 18.1. The Hall–Kier alpha value is -1.71. The van der Waals surface area contributed by atoms with E-state index in [1.54, 1.807) is 58.6 Å². The molecule has 0 saturated carbocycles. The topological polar surface area (TPSA) is 52.6 Å². The van der Waals surface area contributed by atoms with Gasteiger partial charge in [0.25, 0.3) is 0 Å². The van der Waals surface area contributed by atoms with Crippen molar-refractivity contribution in [3.05, 3.63) is 71.8 Å². The Kier molecular flexibility index (Phi) is 8.09. The molecule has 6 heteroatoms. The van der Waals surface area contributed by atoms with Crippen LogP contribution in [-0.2, 0) is 9.47 Å². The van der Waals surface area contributed by atoms with E-state index in [4.69, 9.17) is 9.47 Å². The monoisotopic (exact) mass is 420 g/mol. The Bertz CT molecular complexity index is 676. The third kappa shape index (κ3) is 6.97. The molecule has 0 amide bonds. The average molecular weight is 420 g/mol. The summed E-state index contributed by atoms with van der Waals surface area (Å²) in [6.45, 7) is 0.0571. The van der Waals surface area contributed by atoms with Gasteiger partial charge in [0.05, 0.1) is 0 Å². The molecule has 0 aromatic heterocycles. The van der Waals surface area contributed by atoms with Gasteiger partial charge in [-0.1, -0.05) is 0 Å². The molecule has 0 saturated heterocycles. The molecule has 2 rings (SSSR count). The molecule has 0 aliphatic rings. The van der Waals surface area contributed by atoms with Crippen molar-refractivity contribution < 1.29 is 19.1 Å². The van der Waals surface area contributed by atoms with Crippen LogP contribution in [0.25, 0.3) is 0 Å². The van der Waals surface area contributed by atoms with Gasteiger partial charge in [-0.05, 0) is 0 Å². The Balaban J connectivity index is 1.95. The van der Waals surface area contributed by atoms with E-state index in [1.807, 2.05) is 12.1 Å². The standard InChI is InChI=1S/C19H21AsO4S/c1-20(2)25-14-17(24-19(22)16-11-7-4-8-12-16)13-23-18(21)15-9-5-3-6-10-15/h3-12,17H,13-14H2,1-2H3. The molecule has 0 spiro atoms. The fraction of sp³-hybridized carbons (Fsp3) is 0.263. The number of hydrogen-bond donors (Lipinski definition) is 0. The van der Waals surface area contributed by atoms with Crippen molar-refractivity contribution in [2.75, 3.05) is 12.4 Å². The molecule has 1 atom stereocenters. The first-order chi connectivity index (χ1) is 12.1. The molecule has 132 valence electrons. The fourth-order valence-corrected chi connectivity index (χ4v) is 5.52. The number of ether oxygens (including phenoxy) is 2. The summed E-state index contributed by atoms with van der Waals surface area (Å²) in [6.07, 6.45) is -0.456. The third-order valence-corrected chi connectivity index (χ3v) is 8.44. The van der Waals surface area contributed by atoms with Gasteiger partial charge >= 0.3 is 156 Å². The van der Waals surface area contributed by atoms with Gasteiger partial charge in [-0.25, -0.2) is 0 Å². The summed E-state index contributed by atoms with van der Waals surface area (Å²) in [7, 11) is 1.80. The van der Waals surface area contributed by atoms with E-state index in [2.05, 4.69) is 11.4 Å². The number of rotatable bonds is 8. The molecule has 0 radical (unpaired) electrons. The van der Waals surface area contributed by atoms with Crippen LogP contribution in [-0.4, -0.2) is 43.9 Å². The second kappa shape index (κ2) is 10.3. The molecule has 0 aliphatic heterocycles. The number of hydrogen-bond acceptors (Lipinski definition) is 5. The second-order valence-electron chi connectivity index (χ2n) is 5.47. The van der Waals surface area contributed by atoms with Gasteiger partial charge in [-0.15, -0.1) is 0 Å². The van der Waals surface area contributed by atoms with E-state index in [1.165, 1.54) is 0 Å². The van der Waals surface area contributed by atoms with Gasteiger partial charge in [0.2, 0.25) is 0 Å². The van der Waals surface area contributed by atoms with Crippen LogP contribution in [0.15, 0.2) is 60.7 Å². The van der Waals surface area contributed by atoms with Gasteiger partial charge in [-0.2, -0.15) is 0 Å². The molecule has 25 heavy (non-hydrogen) atoms. The molecule has 0 fully saturated rings. The molecule has 2 aromatic carbocycles. The summed E-state index contributed by atoms with van der Waals surface area (Å²) in [5.74, 6) is -0.171. The summed E-state index contributed by atoms with van der Waals surface area (Å²) >= 11 is -0.933. The van der Waals surface area contributed by atoms with E-state index in [0.717, 1.165) is 0 Å². The summed E-state index contributed by atoms with van der Waals surface area (Å²) in [6, 6.07) is 17.6. The zero-order valence-corrected chi connectivity index (χ0v) is 16.9. The molecule has 4 nitrogen and oxygen atoms in total. The maximum atomic E-state index is 12.3. The quantitative estimate of drug-likeness (QED) is 0.476. The van der Waals surface area contributed by atoms with Crippen LogP contribution in [0.5, 0.6) is 0 Å². The van der Waals surface area contributed by atoms with Crippen LogP contribution in [0, 0.1) is 0 Å². The van der Waals surface area contributed by atoms with Gasteiger partial charge < -0.3 is 0 Å². The number of esters is 2. The molecule has 0 heterocycles. The predicted molar refractivity (Wildman–Crippen MR) is 102 cm³/mol. The van der Waals surface area contributed by atoms with Crippen molar-refractivity contribution in [1.82, 2.24) is 0 Å². The van der Waals surface area contributed by atoms with Crippen molar-refractivity contribution >= 4 is 35.5 Å². The second-order valence-corrected chi connectivity index (χ2v) is 14.9. The minimum atomic E-state index is -0.933. The summed E-state index contributed by atoms with van der Waals surface area (Å²) < 4.78 is 10.9. The maximum absolute atomic E-state index is 12.3. The van der Waals surface area contributed by atoms with Crippen molar-refractivity contribution in [2.24, 2.45) is 0 Å². The van der Waals surface area contributed by atoms with E-state index in [-0.39, 0.29) is 6.61 Å². The van der Waals surface area contributed by atoms with Gasteiger partial charge in [-0.3, -0.25) is 0 Å². The normalized spacial score (nSPS) is 11.8. The Morgan fingerprint density at radius 2 is 1.44 bits per heavy atom. The zero-order valence-electron chi connectivity index (χ0n) is 14.3. The average Bonchev–Trinajstić information content (AvgIpc) is 2.64. The van der Waals surface area contributed by atoms with Crippen LogP contribution >= 0.6 is 10.0 Å². The van der Waals surface area contributed by atoms with Crippen LogP contribution in [0.2, 0.25) is 11.4 Å². The van der Waals surface area contributed by atoms with E-state index in [0.29, 0.717) is 16.9 Å². The van der Waals surface area contributed by atoms with Gasteiger partial charge in [0.1, 0.15) is 0 Å². The van der Waals surface area contributed by atoms with Crippen molar-refractivity contribution in [3.8, 4) is 0 Å². The minimum absolute atomic E-state index is 0.0571. The SMILES string of the molecule is C[As](C)SCC(COC(=O)c1ccccc1)OC(=O)c1ccccc1. The molecule has 0 N–H and O–H groups in total. The number of carbonyl (C=O) groups excluding carboxylic acids is 2. The Labute approximate surface area is 156 Å². The molecule has 0 bridgehead atoms. The number of carbonyl (C=O) groups is 2. The van der Waals surface area contributed by atoms with Crippen molar-refractivity contribution in [1.29, 1.82) is 0 Å². The summed E-state index contributed by atoms with van der Waals surface area (Å²) in [5.41, 5.74) is 5.41. The van der Waals surface area contributed by atoms with Crippen LogP contribution < -0.4 is 0 Å². The molecular formula is C19H21AsO4S. The summed E-state index contributed by atoms with van der Waals surface area (Å²) in [4.78, 5) is 24.3. The van der Waals surface area contributed by atoms with E-state index >= 15 is 0 Å². The van der Waals surface area contributed by atoms with E-state index in [9.17, 15) is 9.59 Å². The third-order valence-electron chi connectivity index (χ3n) is 3.21. The summed E-state index contributed by atoms with van der Waals surface area (Å²) in [5, 5.41) is 0. The first-order valence-electron chi connectivity index (χ1n) is 7.84. The van der Waals surface area contributed by atoms with Gasteiger partial charge in [0, 0.05) is 0 Å². The molecule has 1 unspecified atom stereocenters. The van der Waals surface area contributed by atoms with Crippen molar-refractivity contribution in [2.45, 2.75) is 17.5 Å². The first kappa shape index (κ1) is 19.6. The first-order valence-corrected chi connectivity index (χ1v) is 14.8. The predicted octanol–water partition coefficient (Wildman–Crippen LogP) is 4.05. The van der Waals surface area contributed by atoms with Crippen LogP contribution in [0.4, 0.5) is 0 Å². The van der Waals surface area contributed by atoms with Crippen LogP contribution in [0.1, 0.15) is 20.7 Å². The number of benzene rings is 2. The van der Waals surface area contributed by atoms with E-state index < -0.39 is 31.5 Å². The van der Waals surface area contributed by atoms with Gasteiger partial charge in [0.15, 0.2) is 0 Å². The molecule has 2 aromatic rings. The van der Waals surface area contributed by atoms with Crippen molar-refractivity contribution in [3.63, 3.8) is 0 Å². The Morgan fingerprint density at radius 3 is 1.96 bits per heavy atom. The van der Waals surface area contributed by atoms with Crippen LogP contribution in [0.3, 0.4) is 0 Å². The fourth-order valence-electron chi connectivity index (χ4n) is 1.97. The molecular weight excluding hydrogens is 399 g/mol. The Morgan fingerprint density at radius 1 is 0.920 bits per heavy atom. The molecule has 0 aliphatic carbocycles.